The SMILES string of the molecule is Cc1cc(C)c(CNC(=O)C#N)cc1C. The van der Waals surface area contributed by atoms with Gasteiger partial charge in [-0.25, -0.2) is 0 Å². The van der Waals surface area contributed by atoms with Crippen LogP contribution in [0.1, 0.15) is 22.3 Å². The molecule has 78 valence electrons. The van der Waals surface area contributed by atoms with E-state index < -0.39 is 5.91 Å². The second-order valence-corrected chi connectivity index (χ2v) is 3.66. The highest BCUT2D eigenvalue weighted by Crippen LogP contribution is 2.14. The van der Waals surface area contributed by atoms with Crippen molar-refractivity contribution in [3.8, 4) is 6.07 Å². The third-order valence-electron chi connectivity index (χ3n) is 2.49. The van der Waals surface area contributed by atoms with Crippen molar-refractivity contribution in [1.82, 2.24) is 5.32 Å². The van der Waals surface area contributed by atoms with Crippen LogP contribution < -0.4 is 5.32 Å². The van der Waals surface area contributed by atoms with E-state index in [1.807, 2.05) is 19.9 Å². The van der Waals surface area contributed by atoms with Crippen molar-refractivity contribution in [1.29, 1.82) is 5.26 Å². The molecule has 1 rings (SSSR count). The van der Waals surface area contributed by atoms with E-state index in [0.29, 0.717) is 6.54 Å². The third kappa shape index (κ3) is 2.81. The van der Waals surface area contributed by atoms with Crippen LogP contribution >= 0.6 is 0 Å². The maximum absolute atomic E-state index is 10.8. The molecule has 0 heterocycles. The first kappa shape index (κ1) is 11.3. The van der Waals surface area contributed by atoms with Crippen LogP contribution in [-0.2, 0) is 11.3 Å². The number of hydrogen-bond donors (Lipinski definition) is 1. The molecule has 0 aliphatic heterocycles. The van der Waals surface area contributed by atoms with Crippen molar-refractivity contribution in [2.75, 3.05) is 0 Å². The summed E-state index contributed by atoms with van der Waals surface area (Å²) in [6.07, 6.45) is 0. The number of carbonyl (C=O) groups is 1. The molecule has 0 bridgehead atoms. The summed E-state index contributed by atoms with van der Waals surface area (Å²) >= 11 is 0. The van der Waals surface area contributed by atoms with E-state index >= 15 is 0 Å². The van der Waals surface area contributed by atoms with E-state index in [2.05, 4.69) is 18.3 Å². The third-order valence-corrected chi connectivity index (χ3v) is 2.49. The largest absolute Gasteiger partial charge is 0.339 e. The second-order valence-electron chi connectivity index (χ2n) is 3.66. The molecule has 3 heteroatoms. The van der Waals surface area contributed by atoms with Gasteiger partial charge in [0, 0.05) is 6.54 Å². The van der Waals surface area contributed by atoms with E-state index in [0.717, 1.165) is 11.1 Å². The maximum Gasteiger partial charge on any atom is 0.322 e. The lowest BCUT2D eigenvalue weighted by Crippen LogP contribution is -2.21. The van der Waals surface area contributed by atoms with Gasteiger partial charge in [-0.3, -0.25) is 4.79 Å². The van der Waals surface area contributed by atoms with Crippen molar-refractivity contribution in [2.45, 2.75) is 27.3 Å². The molecule has 0 spiro atoms. The van der Waals surface area contributed by atoms with Crippen molar-refractivity contribution in [2.24, 2.45) is 0 Å². The quantitative estimate of drug-likeness (QED) is 0.743. The summed E-state index contributed by atoms with van der Waals surface area (Å²) in [4.78, 5) is 10.8. The van der Waals surface area contributed by atoms with Crippen molar-refractivity contribution in [3.63, 3.8) is 0 Å². The van der Waals surface area contributed by atoms with Crippen molar-refractivity contribution in [3.05, 3.63) is 34.4 Å². The van der Waals surface area contributed by atoms with Gasteiger partial charge in [-0.1, -0.05) is 12.1 Å². The average molecular weight is 202 g/mol. The molecule has 1 N–H and O–H groups in total. The zero-order valence-electron chi connectivity index (χ0n) is 9.22. The van der Waals surface area contributed by atoms with E-state index in [1.165, 1.54) is 17.2 Å². The smallest absolute Gasteiger partial charge is 0.322 e. The van der Waals surface area contributed by atoms with Gasteiger partial charge in [0.2, 0.25) is 0 Å². The highest BCUT2D eigenvalue weighted by atomic mass is 16.1. The van der Waals surface area contributed by atoms with Crippen LogP contribution in [0.25, 0.3) is 0 Å². The predicted molar refractivity (Wildman–Crippen MR) is 58.1 cm³/mol. The summed E-state index contributed by atoms with van der Waals surface area (Å²) in [5.74, 6) is -0.590. The van der Waals surface area contributed by atoms with Gasteiger partial charge in [-0.2, -0.15) is 5.26 Å². The number of amides is 1. The number of nitrogens with one attached hydrogen (secondary N) is 1. The van der Waals surface area contributed by atoms with Crippen LogP contribution in [0.4, 0.5) is 0 Å². The number of hydrogen-bond acceptors (Lipinski definition) is 2. The number of benzene rings is 1. The summed E-state index contributed by atoms with van der Waals surface area (Å²) in [5, 5.41) is 10.9. The lowest BCUT2D eigenvalue weighted by atomic mass is 10.0. The topological polar surface area (TPSA) is 52.9 Å². The minimum absolute atomic E-state index is 0.416. The summed E-state index contributed by atoms with van der Waals surface area (Å²) in [5.41, 5.74) is 4.63. The molecule has 1 aromatic rings. The molecule has 1 amide bonds. The van der Waals surface area contributed by atoms with Gasteiger partial charge in [0.15, 0.2) is 6.07 Å². The summed E-state index contributed by atoms with van der Waals surface area (Å²) in [6, 6.07) is 5.66. The Bertz CT molecular complexity index is 430. The molecule has 0 aromatic heterocycles. The second kappa shape index (κ2) is 4.61. The molecule has 15 heavy (non-hydrogen) atoms. The van der Waals surface area contributed by atoms with Gasteiger partial charge in [-0.15, -0.1) is 0 Å². The Labute approximate surface area is 89.7 Å². The average Bonchev–Trinajstić information content (AvgIpc) is 2.21. The van der Waals surface area contributed by atoms with Crippen LogP contribution in [0.15, 0.2) is 12.1 Å². The van der Waals surface area contributed by atoms with E-state index in [4.69, 9.17) is 5.26 Å². The molecule has 0 radical (unpaired) electrons. The molecule has 0 aliphatic rings. The van der Waals surface area contributed by atoms with Gasteiger partial charge in [0.05, 0.1) is 0 Å². The Kier molecular flexibility index (Phi) is 3.46. The number of aryl methyl sites for hydroxylation is 3. The van der Waals surface area contributed by atoms with Crippen LogP contribution in [0, 0.1) is 32.1 Å². The van der Waals surface area contributed by atoms with E-state index in [-0.39, 0.29) is 0 Å². The van der Waals surface area contributed by atoms with Gasteiger partial charge >= 0.3 is 5.91 Å². The first-order valence-corrected chi connectivity index (χ1v) is 4.79. The summed E-state index contributed by atoms with van der Waals surface area (Å²) in [6.45, 7) is 6.50. The Morgan fingerprint density at radius 2 is 1.87 bits per heavy atom. The normalized spacial score (nSPS) is 9.47. The lowest BCUT2D eigenvalue weighted by molar-refractivity contribution is -0.116. The first-order chi connectivity index (χ1) is 7.04. The van der Waals surface area contributed by atoms with E-state index in [1.54, 1.807) is 0 Å². The Morgan fingerprint density at radius 3 is 2.47 bits per heavy atom. The number of rotatable bonds is 2. The predicted octanol–water partition coefficient (Wildman–Crippen LogP) is 1.75. The molecular weight excluding hydrogens is 188 g/mol. The van der Waals surface area contributed by atoms with Crippen molar-refractivity contribution >= 4 is 5.91 Å². The van der Waals surface area contributed by atoms with Crippen LogP contribution in [0.3, 0.4) is 0 Å². The molecule has 0 atom stereocenters. The minimum atomic E-state index is -0.590. The fraction of sp³-hybridized carbons (Fsp3) is 0.333. The van der Waals surface area contributed by atoms with Crippen LogP contribution in [0.5, 0.6) is 0 Å². The van der Waals surface area contributed by atoms with Crippen LogP contribution in [0.2, 0.25) is 0 Å². The molecule has 0 saturated carbocycles. The van der Waals surface area contributed by atoms with Gasteiger partial charge in [-0.05, 0) is 43.0 Å². The molecule has 3 nitrogen and oxygen atoms in total. The van der Waals surface area contributed by atoms with Crippen molar-refractivity contribution < 1.29 is 4.79 Å². The summed E-state index contributed by atoms with van der Waals surface area (Å²) in [7, 11) is 0. The maximum atomic E-state index is 10.8. The van der Waals surface area contributed by atoms with Crippen LogP contribution in [-0.4, -0.2) is 5.91 Å². The van der Waals surface area contributed by atoms with Gasteiger partial charge in [0.25, 0.3) is 0 Å². The lowest BCUT2D eigenvalue weighted by Gasteiger charge is -2.09. The standard InChI is InChI=1S/C12H14N2O/c1-8-4-10(3)11(5-9(8)2)7-14-12(15)6-13/h4-5H,7H2,1-3H3,(H,14,15). The number of nitriles is 1. The fourth-order valence-corrected chi connectivity index (χ4v) is 1.43. The monoisotopic (exact) mass is 202 g/mol. The Hall–Kier alpha value is -1.82. The molecule has 0 unspecified atom stereocenters. The van der Waals surface area contributed by atoms with Gasteiger partial charge in [0.1, 0.15) is 0 Å². The molecule has 0 fully saturated rings. The Balaban J connectivity index is 2.83. The fourth-order valence-electron chi connectivity index (χ4n) is 1.43. The molecule has 0 aliphatic carbocycles. The molecule has 0 saturated heterocycles. The molecular formula is C12H14N2O. The minimum Gasteiger partial charge on any atom is -0.339 e. The van der Waals surface area contributed by atoms with Gasteiger partial charge < -0.3 is 5.32 Å². The summed E-state index contributed by atoms with van der Waals surface area (Å²) < 4.78 is 0. The van der Waals surface area contributed by atoms with E-state index in [9.17, 15) is 4.79 Å². The number of nitrogens with zero attached hydrogens (tertiary/aromatic N) is 1. The highest BCUT2D eigenvalue weighted by Gasteiger charge is 2.03. The first-order valence-electron chi connectivity index (χ1n) is 4.79. The zero-order valence-corrected chi connectivity index (χ0v) is 9.22. The molecule has 1 aromatic carbocycles. The zero-order chi connectivity index (χ0) is 11.4. The Morgan fingerprint density at radius 1 is 1.27 bits per heavy atom. The number of carbonyl (C=O) groups excluding carboxylic acids is 1. The highest BCUT2D eigenvalue weighted by molar-refractivity contribution is 5.91.